The topological polar surface area (TPSA) is 87.7 Å². The molecule has 0 aromatic carbocycles. The normalized spacial score (nSPS) is 18.8. The minimum atomic E-state index is -0.864. The van der Waals surface area contributed by atoms with Crippen molar-refractivity contribution < 1.29 is 10.0 Å². The number of hydrogen-bond donors (Lipinski definition) is 3. The fourth-order valence-corrected chi connectivity index (χ4v) is 2.90. The molecule has 1 saturated carbocycles. The van der Waals surface area contributed by atoms with Gasteiger partial charge in [0.2, 0.25) is 5.91 Å². The number of carbonyl (C=O) groups is 1. The zero-order valence-electron chi connectivity index (χ0n) is 12.3. The maximum Gasteiger partial charge on any atom is 0.234 e. The fourth-order valence-electron chi connectivity index (χ4n) is 2.90. The number of nitrogens with zero attached hydrogens (tertiary/aromatic N) is 1. The Hall–Kier alpha value is -1.26. The lowest BCUT2D eigenvalue weighted by molar-refractivity contribution is -0.131. The van der Waals surface area contributed by atoms with Crippen molar-refractivity contribution in [2.75, 3.05) is 0 Å². The van der Waals surface area contributed by atoms with Crippen LogP contribution in [0.5, 0.6) is 0 Å². The molecule has 0 saturated heterocycles. The number of nitrogens with two attached hydrogens (primary N) is 1. The summed E-state index contributed by atoms with van der Waals surface area (Å²) in [6.45, 7) is 6.07. The van der Waals surface area contributed by atoms with Gasteiger partial charge >= 0.3 is 0 Å². The molecule has 0 radical (unpaired) electrons. The lowest BCUT2D eigenvalue weighted by Gasteiger charge is -2.42. The smallest absolute Gasteiger partial charge is 0.234 e. The third-order valence-corrected chi connectivity index (χ3v) is 4.26. The van der Waals surface area contributed by atoms with Crippen LogP contribution >= 0.6 is 0 Å². The zero-order chi connectivity index (χ0) is 14.5. The molecule has 19 heavy (non-hydrogen) atoms. The van der Waals surface area contributed by atoms with Gasteiger partial charge in [0.05, 0.1) is 0 Å². The fraction of sp³-hybridized carbons (Fsp3) is 0.857. The molecule has 0 aromatic heterocycles. The molecule has 0 unspecified atom stereocenters. The number of rotatable bonds is 7. The number of oxime groups is 1. The van der Waals surface area contributed by atoms with Crippen molar-refractivity contribution in [2.24, 2.45) is 16.3 Å². The van der Waals surface area contributed by atoms with E-state index in [2.05, 4.69) is 17.4 Å². The molecule has 1 fully saturated rings. The lowest BCUT2D eigenvalue weighted by Crippen LogP contribution is -2.58. The highest BCUT2D eigenvalue weighted by atomic mass is 16.4. The van der Waals surface area contributed by atoms with E-state index in [-0.39, 0.29) is 17.3 Å². The van der Waals surface area contributed by atoms with Crippen LogP contribution in [0.2, 0.25) is 0 Å². The van der Waals surface area contributed by atoms with E-state index in [1.807, 2.05) is 13.8 Å². The minimum Gasteiger partial charge on any atom is -0.409 e. The van der Waals surface area contributed by atoms with Gasteiger partial charge in [0.15, 0.2) is 5.84 Å². The first-order chi connectivity index (χ1) is 8.94. The van der Waals surface area contributed by atoms with Crippen LogP contribution in [-0.4, -0.2) is 22.5 Å². The Morgan fingerprint density at radius 1 is 1.37 bits per heavy atom. The molecule has 5 nitrogen and oxygen atoms in total. The molecule has 5 heteroatoms. The van der Waals surface area contributed by atoms with Crippen LogP contribution in [0.15, 0.2) is 5.16 Å². The quantitative estimate of drug-likeness (QED) is 0.287. The van der Waals surface area contributed by atoms with Gasteiger partial charge in [-0.05, 0) is 39.0 Å². The van der Waals surface area contributed by atoms with E-state index in [9.17, 15) is 4.79 Å². The molecule has 4 N–H and O–H groups in total. The highest BCUT2D eigenvalue weighted by molar-refractivity contribution is 6.07. The second-order valence-corrected chi connectivity index (χ2v) is 5.94. The van der Waals surface area contributed by atoms with Crippen molar-refractivity contribution in [1.29, 1.82) is 0 Å². The van der Waals surface area contributed by atoms with E-state index in [0.29, 0.717) is 12.8 Å². The van der Waals surface area contributed by atoms with E-state index in [1.165, 1.54) is 0 Å². The average molecular weight is 269 g/mol. The number of nitrogens with one attached hydrogen (secondary N) is 1. The predicted molar refractivity (Wildman–Crippen MR) is 76.1 cm³/mol. The largest absolute Gasteiger partial charge is 0.409 e. The third-order valence-electron chi connectivity index (χ3n) is 4.26. The maximum absolute atomic E-state index is 12.7. The number of amidine groups is 1. The summed E-state index contributed by atoms with van der Waals surface area (Å²) < 4.78 is 0. The molecule has 0 aromatic rings. The molecule has 0 bridgehead atoms. The van der Waals surface area contributed by atoms with E-state index < -0.39 is 5.41 Å². The monoisotopic (exact) mass is 269 g/mol. The first kappa shape index (κ1) is 15.8. The van der Waals surface area contributed by atoms with Gasteiger partial charge in [0.1, 0.15) is 5.41 Å². The molecule has 1 aliphatic rings. The van der Waals surface area contributed by atoms with Crippen molar-refractivity contribution in [3.05, 3.63) is 0 Å². The van der Waals surface area contributed by atoms with Crippen LogP contribution in [0.1, 0.15) is 65.7 Å². The Morgan fingerprint density at radius 3 is 2.21 bits per heavy atom. The first-order valence-corrected chi connectivity index (χ1v) is 7.24. The van der Waals surface area contributed by atoms with Gasteiger partial charge in [0.25, 0.3) is 0 Å². The Morgan fingerprint density at radius 2 is 1.89 bits per heavy atom. The van der Waals surface area contributed by atoms with Crippen LogP contribution in [0.3, 0.4) is 0 Å². The summed E-state index contributed by atoms with van der Waals surface area (Å²) in [6, 6.07) is 0. The van der Waals surface area contributed by atoms with Crippen molar-refractivity contribution in [3.8, 4) is 0 Å². The third kappa shape index (κ3) is 3.19. The molecule has 0 spiro atoms. The Kier molecular flexibility index (Phi) is 5.20. The van der Waals surface area contributed by atoms with Crippen LogP contribution in [0.25, 0.3) is 0 Å². The van der Waals surface area contributed by atoms with Crippen molar-refractivity contribution in [2.45, 2.75) is 71.3 Å². The highest BCUT2D eigenvalue weighted by Crippen LogP contribution is 2.35. The van der Waals surface area contributed by atoms with Crippen molar-refractivity contribution >= 4 is 11.7 Å². The van der Waals surface area contributed by atoms with Gasteiger partial charge in [-0.3, -0.25) is 4.79 Å². The summed E-state index contributed by atoms with van der Waals surface area (Å²) in [5.41, 5.74) is 4.87. The molecular formula is C14H27N3O2. The van der Waals surface area contributed by atoms with Gasteiger partial charge < -0.3 is 16.3 Å². The second kappa shape index (κ2) is 6.26. The van der Waals surface area contributed by atoms with Crippen LogP contribution in [0, 0.1) is 5.41 Å². The van der Waals surface area contributed by atoms with E-state index >= 15 is 0 Å². The van der Waals surface area contributed by atoms with Crippen LogP contribution in [-0.2, 0) is 4.79 Å². The summed E-state index contributed by atoms with van der Waals surface area (Å²) in [7, 11) is 0. The summed E-state index contributed by atoms with van der Waals surface area (Å²) in [6.07, 6.45) is 6.01. The van der Waals surface area contributed by atoms with E-state index in [4.69, 9.17) is 10.9 Å². The molecule has 0 heterocycles. The highest BCUT2D eigenvalue weighted by Gasteiger charge is 2.45. The number of hydrogen-bond acceptors (Lipinski definition) is 3. The second-order valence-electron chi connectivity index (χ2n) is 5.94. The Labute approximate surface area is 115 Å². The van der Waals surface area contributed by atoms with Gasteiger partial charge in [-0.15, -0.1) is 0 Å². The molecule has 0 atom stereocenters. The lowest BCUT2D eigenvalue weighted by atomic mass is 9.73. The van der Waals surface area contributed by atoms with E-state index in [0.717, 1.165) is 32.1 Å². The Bertz CT molecular complexity index is 343. The summed E-state index contributed by atoms with van der Waals surface area (Å²) in [5.74, 6) is -0.0506. The predicted octanol–water partition coefficient (Wildman–Crippen LogP) is 2.38. The van der Waals surface area contributed by atoms with Crippen LogP contribution < -0.4 is 11.1 Å². The molecule has 1 aliphatic carbocycles. The molecule has 110 valence electrons. The van der Waals surface area contributed by atoms with Crippen molar-refractivity contribution in [3.63, 3.8) is 0 Å². The van der Waals surface area contributed by atoms with E-state index in [1.54, 1.807) is 0 Å². The number of carbonyl (C=O) groups excluding carboxylic acids is 1. The summed E-state index contributed by atoms with van der Waals surface area (Å²) in [5, 5.41) is 15.3. The standard InChI is InChI=1S/C14H27N3O2/c1-4-7-14(8-5-2,11(15)17-19)12(18)16-13(3)9-6-10-13/h19H,4-10H2,1-3H3,(H2,15,17)(H,16,18). The molecular weight excluding hydrogens is 242 g/mol. The van der Waals surface area contributed by atoms with Gasteiger partial charge in [-0.1, -0.05) is 31.8 Å². The summed E-state index contributed by atoms with van der Waals surface area (Å²) >= 11 is 0. The van der Waals surface area contributed by atoms with Crippen LogP contribution in [0.4, 0.5) is 0 Å². The minimum absolute atomic E-state index is 0.0385. The SMILES string of the molecule is CCCC(CCC)(C(=O)NC1(C)CCC1)C(N)=NO. The molecule has 0 aliphatic heterocycles. The van der Waals surface area contributed by atoms with Gasteiger partial charge in [-0.2, -0.15) is 0 Å². The van der Waals surface area contributed by atoms with Crippen molar-refractivity contribution in [1.82, 2.24) is 5.32 Å². The zero-order valence-corrected chi connectivity index (χ0v) is 12.3. The summed E-state index contributed by atoms with van der Waals surface area (Å²) in [4.78, 5) is 12.7. The Balaban J connectivity index is 2.95. The first-order valence-electron chi connectivity index (χ1n) is 7.24. The maximum atomic E-state index is 12.7. The average Bonchev–Trinajstić information content (AvgIpc) is 2.35. The molecule has 1 amide bonds. The van der Waals surface area contributed by atoms with Gasteiger partial charge in [0, 0.05) is 5.54 Å². The van der Waals surface area contributed by atoms with Gasteiger partial charge in [-0.25, -0.2) is 0 Å². The molecule has 1 rings (SSSR count). The number of amides is 1.